The third-order valence-corrected chi connectivity index (χ3v) is 13.3. The first kappa shape index (κ1) is 43.6. The maximum Gasteiger partial charge on any atom is 0.315 e. The second kappa shape index (κ2) is 18.0. The van der Waals surface area contributed by atoms with Gasteiger partial charge in [0.15, 0.2) is 0 Å². The Kier molecular flexibility index (Phi) is 13.8. The van der Waals surface area contributed by atoms with Gasteiger partial charge in [-0.15, -0.1) is 18.9 Å². The molecule has 1 aliphatic heterocycles. The fourth-order valence-electron chi connectivity index (χ4n) is 10.0. The van der Waals surface area contributed by atoms with E-state index in [1.165, 1.54) is 6.08 Å². The molecule has 0 spiro atoms. The van der Waals surface area contributed by atoms with Gasteiger partial charge in [-0.1, -0.05) is 79.2 Å². The highest BCUT2D eigenvalue weighted by molar-refractivity contribution is 6.38. The largest absolute Gasteiger partial charge is 0.369 e. The lowest BCUT2D eigenvalue weighted by Gasteiger charge is -2.38. The van der Waals surface area contributed by atoms with Gasteiger partial charge in [0, 0.05) is 38.7 Å². The Balaban J connectivity index is 1.37. The molecule has 4 fully saturated rings. The van der Waals surface area contributed by atoms with Crippen molar-refractivity contribution in [1.29, 1.82) is 0 Å². The SMILES string of the molecule is C#CCC[C@H](NC(=O)[C@@H]1[C@@H]2[C@H](CN1C(=O)[C@@H](NC(=O)N[C@H](CN(C)c1c(C(C)(C)C)c(=O)c1=O)C1CCCCC1)C1CCCCC1)C2(C)C)C(=O)C(=O)NCC=C. The van der Waals surface area contributed by atoms with Gasteiger partial charge in [-0.2, -0.15) is 0 Å². The summed E-state index contributed by atoms with van der Waals surface area (Å²) in [5.74, 6) is -0.167. The highest BCUT2D eigenvalue weighted by atomic mass is 16.2. The quantitative estimate of drug-likeness (QED) is 0.112. The van der Waals surface area contributed by atoms with E-state index in [1.807, 2.05) is 20.8 Å². The van der Waals surface area contributed by atoms with Crippen molar-refractivity contribution < 1.29 is 24.0 Å². The number of urea groups is 1. The summed E-state index contributed by atoms with van der Waals surface area (Å²) in [6.07, 6.45) is 16.5. The molecule has 1 heterocycles. The van der Waals surface area contributed by atoms with E-state index in [0.29, 0.717) is 24.3 Å². The molecule has 4 aliphatic rings. The Morgan fingerprint density at radius 3 is 2.14 bits per heavy atom. The number of hydrogen-bond donors (Lipinski definition) is 4. The number of Topliss-reactive ketones (excluding diaryl/α,β-unsaturated/α-hetero) is 1. The standard InChI is InChI=1S/C44H64N6O7/c1-9-11-22-29(36(51)40(55)45-23-10-2)46-39(54)35-31-28(44(31,6)7)24-50(35)41(56)33(27-20-16-13-17-21-27)48-42(57)47-30(26-18-14-12-15-19-26)25-49(8)34-32(43(3,4)5)37(52)38(34)53/h1,10,26-31,33,35H,2,11-25H2,3-8H3,(H,45,55)(H,46,54)(H2,47,48,57)/t28-,29-,30+,31-,33-,35-/m0/s1. The number of nitrogens with zero attached hydrogens (tertiary/aromatic N) is 2. The number of fused-ring (bicyclic) bond motifs is 1. The number of piperidine rings is 1. The number of rotatable bonds is 16. The Hall–Kier alpha value is -4.47. The first-order chi connectivity index (χ1) is 26.9. The molecular formula is C44H64N6O7. The van der Waals surface area contributed by atoms with Gasteiger partial charge in [0.2, 0.25) is 28.5 Å². The van der Waals surface area contributed by atoms with E-state index in [0.717, 1.165) is 64.2 Å². The molecule has 5 amide bonds. The molecule has 5 rings (SSSR count). The van der Waals surface area contributed by atoms with Crippen molar-refractivity contribution >= 4 is 35.2 Å². The highest BCUT2D eigenvalue weighted by Crippen LogP contribution is 2.65. The lowest BCUT2D eigenvalue weighted by Crippen LogP contribution is -2.61. The van der Waals surface area contributed by atoms with Crippen molar-refractivity contribution in [2.75, 3.05) is 31.6 Å². The van der Waals surface area contributed by atoms with Crippen LogP contribution in [0.3, 0.4) is 0 Å². The molecule has 57 heavy (non-hydrogen) atoms. The lowest BCUT2D eigenvalue weighted by molar-refractivity contribution is -0.144. The van der Waals surface area contributed by atoms with Gasteiger partial charge >= 0.3 is 6.03 Å². The number of carbonyl (C=O) groups excluding carboxylic acids is 5. The van der Waals surface area contributed by atoms with Crippen LogP contribution in [0.5, 0.6) is 0 Å². The molecule has 0 aromatic heterocycles. The predicted molar refractivity (Wildman–Crippen MR) is 220 cm³/mol. The van der Waals surface area contributed by atoms with Gasteiger partial charge in [0.05, 0.1) is 17.8 Å². The number of anilines is 1. The summed E-state index contributed by atoms with van der Waals surface area (Å²) < 4.78 is 0. The number of likely N-dealkylation sites (tertiary alicyclic amines) is 1. The van der Waals surface area contributed by atoms with Crippen LogP contribution in [0, 0.1) is 41.4 Å². The summed E-state index contributed by atoms with van der Waals surface area (Å²) >= 11 is 0. The van der Waals surface area contributed by atoms with E-state index in [4.69, 9.17) is 6.42 Å². The van der Waals surface area contributed by atoms with Gasteiger partial charge in [-0.3, -0.25) is 28.8 Å². The summed E-state index contributed by atoms with van der Waals surface area (Å²) in [6.45, 7) is 14.2. The van der Waals surface area contributed by atoms with Crippen LogP contribution >= 0.6 is 0 Å². The third-order valence-electron chi connectivity index (χ3n) is 13.3. The van der Waals surface area contributed by atoms with Crippen LogP contribution < -0.4 is 37.0 Å². The minimum Gasteiger partial charge on any atom is -0.369 e. The molecule has 0 bridgehead atoms. The fourth-order valence-corrected chi connectivity index (χ4v) is 10.0. The van der Waals surface area contributed by atoms with E-state index in [1.54, 1.807) is 16.8 Å². The van der Waals surface area contributed by atoms with E-state index in [9.17, 15) is 33.6 Å². The molecule has 0 unspecified atom stereocenters. The molecule has 3 saturated carbocycles. The van der Waals surface area contributed by atoms with Crippen LogP contribution in [0.2, 0.25) is 0 Å². The molecule has 13 heteroatoms. The van der Waals surface area contributed by atoms with E-state index in [2.05, 4.69) is 47.6 Å². The highest BCUT2D eigenvalue weighted by Gasteiger charge is 2.69. The van der Waals surface area contributed by atoms with Crippen molar-refractivity contribution in [1.82, 2.24) is 26.2 Å². The third kappa shape index (κ3) is 9.47. The van der Waals surface area contributed by atoms with Crippen molar-refractivity contribution in [3.8, 4) is 12.3 Å². The summed E-state index contributed by atoms with van der Waals surface area (Å²) in [4.78, 5) is 98.0. The molecule has 4 N–H and O–H groups in total. The van der Waals surface area contributed by atoms with Crippen LogP contribution in [-0.2, 0) is 24.6 Å². The number of terminal acetylenes is 1. The topological polar surface area (TPSA) is 174 Å². The molecule has 6 atom stereocenters. The van der Waals surface area contributed by atoms with Gasteiger partial charge in [0.1, 0.15) is 12.1 Å². The van der Waals surface area contributed by atoms with E-state index < -0.39 is 58.0 Å². The van der Waals surface area contributed by atoms with Crippen molar-refractivity contribution in [2.24, 2.45) is 29.1 Å². The Morgan fingerprint density at radius 2 is 1.56 bits per heavy atom. The lowest BCUT2D eigenvalue weighted by atomic mass is 9.81. The zero-order valence-electron chi connectivity index (χ0n) is 34.8. The number of likely N-dealkylation sites (N-methyl/N-ethyl adjacent to an activating group) is 1. The Labute approximate surface area is 337 Å². The number of amides is 5. The monoisotopic (exact) mass is 788 g/mol. The van der Waals surface area contributed by atoms with Gasteiger partial charge in [0.25, 0.3) is 5.91 Å². The molecule has 1 saturated heterocycles. The molecule has 1 aromatic carbocycles. The van der Waals surface area contributed by atoms with Crippen LogP contribution in [0.4, 0.5) is 10.5 Å². The van der Waals surface area contributed by atoms with Gasteiger partial charge < -0.3 is 31.1 Å². The molecule has 312 valence electrons. The van der Waals surface area contributed by atoms with Crippen molar-refractivity contribution in [3.63, 3.8) is 0 Å². The normalized spacial score (nSPS) is 23.6. The average molecular weight is 789 g/mol. The van der Waals surface area contributed by atoms with E-state index >= 15 is 0 Å². The number of nitrogens with one attached hydrogen (secondary N) is 4. The van der Waals surface area contributed by atoms with E-state index in [-0.39, 0.29) is 60.4 Å². The minimum atomic E-state index is -1.17. The zero-order chi connectivity index (χ0) is 41.8. The summed E-state index contributed by atoms with van der Waals surface area (Å²) in [5, 5.41) is 11.5. The smallest absolute Gasteiger partial charge is 0.315 e. The van der Waals surface area contributed by atoms with Crippen LogP contribution in [0.1, 0.15) is 117 Å². The average Bonchev–Trinajstić information content (AvgIpc) is 3.47. The van der Waals surface area contributed by atoms with Gasteiger partial charge in [-0.25, -0.2) is 4.79 Å². The molecule has 3 aliphatic carbocycles. The Bertz CT molecular complexity index is 1800. The summed E-state index contributed by atoms with van der Waals surface area (Å²) in [6, 6.07) is -3.81. The maximum atomic E-state index is 14.8. The first-order valence-corrected chi connectivity index (χ1v) is 21.0. The van der Waals surface area contributed by atoms with Crippen LogP contribution in [-0.4, -0.2) is 85.3 Å². The second-order valence-electron chi connectivity index (χ2n) is 18.6. The molecule has 1 aromatic rings. The predicted octanol–water partition coefficient (Wildman–Crippen LogP) is 3.47. The summed E-state index contributed by atoms with van der Waals surface area (Å²) in [7, 11) is 1.79. The second-order valence-corrected chi connectivity index (χ2v) is 18.6. The van der Waals surface area contributed by atoms with Crippen LogP contribution in [0.15, 0.2) is 22.2 Å². The molecule has 0 radical (unpaired) electrons. The maximum absolute atomic E-state index is 14.8. The number of ketones is 1. The summed E-state index contributed by atoms with van der Waals surface area (Å²) in [5.41, 5.74) is -0.811. The minimum absolute atomic E-state index is 0.0494. The number of hydrogen-bond acceptors (Lipinski definition) is 8. The first-order valence-electron chi connectivity index (χ1n) is 21.0. The Morgan fingerprint density at radius 1 is 0.947 bits per heavy atom. The number of carbonyl (C=O) groups is 5. The molecular weight excluding hydrogens is 725 g/mol. The van der Waals surface area contributed by atoms with Crippen molar-refractivity contribution in [2.45, 2.75) is 141 Å². The van der Waals surface area contributed by atoms with Gasteiger partial charge in [-0.05, 0) is 66.6 Å². The molecule has 13 nitrogen and oxygen atoms in total. The fraction of sp³-hybridized carbons (Fsp3) is 0.705. The zero-order valence-corrected chi connectivity index (χ0v) is 34.8. The van der Waals surface area contributed by atoms with Crippen LogP contribution in [0.25, 0.3) is 0 Å². The van der Waals surface area contributed by atoms with Crippen molar-refractivity contribution in [3.05, 3.63) is 38.7 Å².